The van der Waals surface area contributed by atoms with Crippen LogP contribution < -0.4 is 10.1 Å². The van der Waals surface area contributed by atoms with Crippen molar-refractivity contribution in [3.63, 3.8) is 0 Å². The summed E-state index contributed by atoms with van der Waals surface area (Å²) < 4.78 is 7.36. The summed E-state index contributed by atoms with van der Waals surface area (Å²) in [5.74, 6) is 0.811. The SMILES string of the molecule is COc1ccc(Cl)cc1NC1CCCc2c1cnn2C. The number of nitrogens with one attached hydrogen (secondary N) is 1. The van der Waals surface area contributed by atoms with E-state index in [0.29, 0.717) is 5.02 Å². The molecule has 0 saturated carbocycles. The number of methoxy groups -OCH3 is 1. The molecular weight excluding hydrogens is 274 g/mol. The molecule has 1 atom stereocenters. The van der Waals surface area contributed by atoms with E-state index in [1.807, 2.05) is 36.1 Å². The first-order valence-electron chi connectivity index (χ1n) is 6.80. The van der Waals surface area contributed by atoms with E-state index >= 15 is 0 Å². The summed E-state index contributed by atoms with van der Waals surface area (Å²) in [5, 5.41) is 8.62. The number of hydrogen-bond donors (Lipinski definition) is 1. The van der Waals surface area contributed by atoms with Gasteiger partial charge in [0.25, 0.3) is 0 Å². The molecule has 1 aromatic heterocycles. The molecule has 0 bridgehead atoms. The number of halogens is 1. The van der Waals surface area contributed by atoms with E-state index in [-0.39, 0.29) is 6.04 Å². The van der Waals surface area contributed by atoms with Crippen LogP contribution in [0.1, 0.15) is 30.1 Å². The minimum absolute atomic E-state index is 0.264. The standard InChI is InChI=1S/C15H18ClN3O/c1-19-14-5-3-4-12(11(14)9-17-19)18-13-8-10(16)6-7-15(13)20-2/h6-9,12,18H,3-5H2,1-2H3. The number of anilines is 1. The van der Waals surface area contributed by atoms with Gasteiger partial charge in [-0.15, -0.1) is 0 Å². The Labute approximate surface area is 123 Å². The molecule has 20 heavy (non-hydrogen) atoms. The molecule has 1 aromatic carbocycles. The second-order valence-corrected chi connectivity index (χ2v) is 5.54. The third-order valence-corrected chi connectivity index (χ3v) is 4.10. The summed E-state index contributed by atoms with van der Waals surface area (Å²) in [6.07, 6.45) is 5.31. The van der Waals surface area contributed by atoms with Gasteiger partial charge in [0, 0.05) is 23.3 Å². The Morgan fingerprint density at radius 1 is 1.45 bits per heavy atom. The van der Waals surface area contributed by atoms with Crippen LogP contribution in [0.25, 0.3) is 0 Å². The Morgan fingerprint density at radius 3 is 3.10 bits per heavy atom. The van der Waals surface area contributed by atoms with Crippen LogP contribution in [0.4, 0.5) is 5.69 Å². The van der Waals surface area contributed by atoms with E-state index < -0.39 is 0 Å². The Balaban J connectivity index is 1.91. The molecule has 106 valence electrons. The Bertz CT molecular complexity index is 624. The third-order valence-electron chi connectivity index (χ3n) is 3.87. The lowest BCUT2D eigenvalue weighted by Crippen LogP contribution is -2.18. The van der Waals surface area contributed by atoms with Gasteiger partial charge in [-0.3, -0.25) is 4.68 Å². The van der Waals surface area contributed by atoms with Crippen LogP contribution in [-0.2, 0) is 13.5 Å². The van der Waals surface area contributed by atoms with Crippen LogP contribution in [0.15, 0.2) is 24.4 Å². The molecule has 4 nitrogen and oxygen atoms in total. The van der Waals surface area contributed by atoms with Crippen molar-refractivity contribution in [2.75, 3.05) is 12.4 Å². The van der Waals surface area contributed by atoms with E-state index in [1.165, 1.54) is 11.3 Å². The van der Waals surface area contributed by atoms with Crippen molar-refractivity contribution in [3.05, 3.63) is 40.7 Å². The van der Waals surface area contributed by atoms with Gasteiger partial charge in [-0.1, -0.05) is 11.6 Å². The summed E-state index contributed by atoms with van der Waals surface area (Å²) in [5.41, 5.74) is 3.53. The zero-order chi connectivity index (χ0) is 14.1. The topological polar surface area (TPSA) is 39.1 Å². The molecule has 0 spiro atoms. The number of nitrogens with zero attached hydrogens (tertiary/aromatic N) is 2. The molecule has 1 aliphatic rings. The molecule has 0 saturated heterocycles. The average Bonchev–Trinajstić information content (AvgIpc) is 2.82. The second kappa shape index (κ2) is 5.37. The van der Waals surface area contributed by atoms with Crippen molar-refractivity contribution >= 4 is 17.3 Å². The molecule has 1 unspecified atom stereocenters. The molecule has 2 aromatic rings. The molecule has 1 N–H and O–H groups in total. The molecule has 1 aliphatic carbocycles. The summed E-state index contributed by atoms with van der Waals surface area (Å²) in [4.78, 5) is 0. The van der Waals surface area contributed by atoms with Crippen molar-refractivity contribution in [1.82, 2.24) is 9.78 Å². The molecule has 1 heterocycles. The highest BCUT2D eigenvalue weighted by atomic mass is 35.5. The van der Waals surface area contributed by atoms with E-state index in [4.69, 9.17) is 16.3 Å². The lowest BCUT2D eigenvalue weighted by molar-refractivity contribution is 0.415. The smallest absolute Gasteiger partial charge is 0.142 e. The highest BCUT2D eigenvalue weighted by molar-refractivity contribution is 6.30. The monoisotopic (exact) mass is 291 g/mol. The molecule has 5 heteroatoms. The number of aryl methyl sites for hydroxylation is 1. The van der Waals surface area contributed by atoms with Gasteiger partial charge < -0.3 is 10.1 Å². The summed E-state index contributed by atoms with van der Waals surface area (Å²) in [6.45, 7) is 0. The summed E-state index contributed by atoms with van der Waals surface area (Å²) in [7, 11) is 3.67. The fourth-order valence-electron chi connectivity index (χ4n) is 2.84. The van der Waals surface area contributed by atoms with Crippen molar-refractivity contribution in [2.24, 2.45) is 7.05 Å². The summed E-state index contributed by atoms with van der Waals surface area (Å²) >= 11 is 6.08. The van der Waals surface area contributed by atoms with E-state index in [9.17, 15) is 0 Å². The number of aromatic nitrogens is 2. The fraction of sp³-hybridized carbons (Fsp3) is 0.400. The first-order valence-corrected chi connectivity index (χ1v) is 7.17. The second-order valence-electron chi connectivity index (χ2n) is 5.10. The summed E-state index contributed by atoms with van der Waals surface area (Å²) in [6, 6.07) is 5.89. The molecule has 0 aliphatic heterocycles. The maximum atomic E-state index is 6.08. The zero-order valence-corrected chi connectivity index (χ0v) is 12.4. The predicted molar refractivity (Wildman–Crippen MR) is 80.5 cm³/mol. The van der Waals surface area contributed by atoms with Gasteiger partial charge in [0.05, 0.1) is 25.0 Å². The maximum Gasteiger partial charge on any atom is 0.142 e. The van der Waals surface area contributed by atoms with Crippen molar-refractivity contribution in [3.8, 4) is 5.75 Å². The van der Waals surface area contributed by atoms with Gasteiger partial charge in [-0.05, 0) is 37.5 Å². The molecule has 0 amide bonds. The highest BCUT2D eigenvalue weighted by Gasteiger charge is 2.24. The Kier molecular flexibility index (Phi) is 3.57. The molecule has 0 radical (unpaired) electrons. The maximum absolute atomic E-state index is 6.08. The molecular formula is C15H18ClN3O. The lowest BCUT2D eigenvalue weighted by atomic mass is 9.93. The number of hydrogen-bond acceptors (Lipinski definition) is 3. The van der Waals surface area contributed by atoms with Crippen LogP contribution in [-0.4, -0.2) is 16.9 Å². The normalized spacial score (nSPS) is 17.6. The van der Waals surface area contributed by atoms with Crippen molar-refractivity contribution in [2.45, 2.75) is 25.3 Å². The van der Waals surface area contributed by atoms with E-state index in [1.54, 1.807) is 7.11 Å². The van der Waals surface area contributed by atoms with Gasteiger partial charge >= 0.3 is 0 Å². The highest BCUT2D eigenvalue weighted by Crippen LogP contribution is 2.36. The van der Waals surface area contributed by atoms with E-state index in [0.717, 1.165) is 30.7 Å². The number of ether oxygens (including phenoxy) is 1. The minimum atomic E-state index is 0.264. The van der Waals surface area contributed by atoms with Crippen LogP contribution in [0.5, 0.6) is 5.75 Å². The van der Waals surface area contributed by atoms with Crippen molar-refractivity contribution < 1.29 is 4.74 Å². The van der Waals surface area contributed by atoms with Crippen LogP contribution in [0.2, 0.25) is 5.02 Å². The van der Waals surface area contributed by atoms with Gasteiger partial charge in [-0.2, -0.15) is 5.10 Å². The molecule has 3 rings (SSSR count). The largest absolute Gasteiger partial charge is 0.495 e. The van der Waals surface area contributed by atoms with Gasteiger partial charge in [0.1, 0.15) is 5.75 Å². The number of benzene rings is 1. The average molecular weight is 292 g/mol. The fourth-order valence-corrected chi connectivity index (χ4v) is 3.01. The number of fused-ring (bicyclic) bond motifs is 1. The quantitative estimate of drug-likeness (QED) is 0.939. The van der Waals surface area contributed by atoms with Crippen LogP contribution in [0.3, 0.4) is 0 Å². The van der Waals surface area contributed by atoms with Crippen LogP contribution in [0, 0.1) is 0 Å². The Morgan fingerprint density at radius 2 is 2.30 bits per heavy atom. The van der Waals surface area contributed by atoms with Gasteiger partial charge in [0.15, 0.2) is 0 Å². The number of rotatable bonds is 3. The van der Waals surface area contributed by atoms with Gasteiger partial charge in [-0.25, -0.2) is 0 Å². The van der Waals surface area contributed by atoms with Crippen LogP contribution >= 0.6 is 11.6 Å². The van der Waals surface area contributed by atoms with Gasteiger partial charge in [0.2, 0.25) is 0 Å². The van der Waals surface area contributed by atoms with Crippen molar-refractivity contribution in [1.29, 1.82) is 0 Å². The third kappa shape index (κ3) is 2.36. The zero-order valence-electron chi connectivity index (χ0n) is 11.7. The first-order chi connectivity index (χ1) is 9.69. The lowest BCUT2D eigenvalue weighted by Gasteiger charge is -2.25. The Hall–Kier alpha value is -1.68. The minimum Gasteiger partial charge on any atom is -0.495 e. The van der Waals surface area contributed by atoms with E-state index in [2.05, 4.69) is 10.4 Å². The molecule has 0 fully saturated rings. The first kappa shape index (κ1) is 13.3. The predicted octanol–water partition coefficient (Wildman–Crippen LogP) is 3.57.